The van der Waals surface area contributed by atoms with E-state index in [0.717, 1.165) is 18.4 Å². The summed E-state index contributed by atoms with van der Waals surface area (Å²) in [6.07, 6.45) is 1.63. The van der Waals surface area contributed by atoms with Gasteiger partial charge in [0.15, 0.2) is 0 Å². The van der Waals surface area contributed by atoms with Crippen molar-refractivity contribution in [1.29, 1.82) is 0 Å². The molecular weight excluding hydrogens is 188 g/mol. The summed E-state index contributed by atoms with van der Waals surface area (Å²) in [4.78, 5) is 0. The third-order valence-corrected chi connectivity index (χ3v) is 1.79. The predicted octanol–water partition coefficient (Wildman–Crippen LogP) is 2.18. The van der Waals surface area contributed by atoms with Gasteiger partial charge in [-0.1, -0.05) is 12.1 Å². The first-order valence-corrected chi connectivity index (χ1v) is 4.46. The zero-order valence-corrected chi connectivity index (χ0v) is 7.75. The normalized spacial score (nSPS) is 10.6. The minimum absolute atomic E-state index is 0.203. The molecule has 14 heavy (non-hydrogen) atoms. The molecule has 0 saturated carbocycles. The number of rotatable bonds is 5. The first-order chi connectivity index (χ1) is 6.72. The van der Waals surface area contributed by atoms with Crippen molar-refractivity contribution in [3.63, 3.8) is 0 Å². The molecule has 1 rings (SSSR count). The number of aryl methyl sites for hydroxylation is 1. The summed E-state index contributed by atoms with van der Waals surface area (Å²) in [5, 5.41) is 0. The average molecular weight is 201 g/mol. The Morgan fingerprint density at radius 1 is 1.36 bits per heavy atom. The summed E-state index contributed by atoms with van der Waals surface area (Å²) >= 11 is 0. The maximum atomic E-state index is 11.9. The number of ether oxygens (including phenoxy) is 1. The molecule has 1 aromatic carbocycles. The molecule has 0 fully saturated rings. The Kier molecular flexibility index (Phi) is 4.32. The molecule has 0 radical (unpaired) electrons. The average Bonchev–Trinajstić information content (AvgIpc) is 2.14. The van der Waals surface area contributed by atoms with Crippen LogP contribution in [-0.4, -0.2) is 13.2 Å². The SMILES string of the molecule is NCCCc1cccc(OC(F)F)c1. The highest BCUT2D eigenvalue weighted by molar-refractivity contribution is 5.28. The molecule has 0 spiro atoms. The van der Waals surface area contributed by atoms with Gasteiger partial charge in [0.2, 0.25) is 0 Å². The molecule has 78 valence electrons. The number of benzene rings is 1. The van der Waals surface area contributed by atoms with Gasteiger partial charge in [0, 0.05) is 0 Å². The van der Waals surface area contributed by atoms with Crippen molar-refractivity contribution in [2.45, 2.75) is 19.5 Å². The van der Waals surface area contributed by atoms with Crippen LogP contribution in [0.3, 0.4) is 0 Å². The van der Waals surface area contributed by atoms with Crippen molar-refractivity contribution in [2.75, 3.05) is 6.54 Å². The topological polar surface area (TPSA) is 35.2 Å². The van der Waals surface area contributed by atoms with Crippen molar-refractivity contribution < 1.29 is 13.5 Å². The Morgan fingerprint density at radius 2 is 2.14 bits per heavy atom. The van der Waals surface area contributed by atoms with Crippen molar-refractivity contribution >= 4 is 0 Å². The van der Waals surface area contributed by atoms with Gasteiger partial charge in [-0.15, -0.1) is 0 Å². The van der Waals surface area contributed by atoms with Crippen LogP contribution in [0, 0.1) is 0 Å². The second kappa shape index (κ2) is 5.54. The van der Waals surface area contributed by atoms with Crippen molar-refractivity contribution in [3.05, 3.63) is 29.8 Å². The molecule has 0 bridgehead atoms. The first kappa shape index (κ1) is 10.9. The molecule has 4 heteroatoms. The molecule has 0 heterocycles. The largest absolute Gasteiger partial charge is 0.435 e. The quantitative estimate of drug-likeness (QED) is 0.792. The molecule has 1 aromatic rings. The van der Waals surface area contributed by atoms with Crippen LogP contribution < -0.4 is 10.5 Å². The smallest absolute Gasteiger partial charge is 0.387 e. The van der Waals surface area contributed by atoms with E-state index in [1.165, 1.54) is 6.07 Å². The summed E-state index contributed by atoms with van der Waals surface area (Å²) in [5.41, 5.74) is 6.31. The highest BCUT2D eigenvalue weighted by Crippen LogP contribution is 2.16. The zero-order chi connectivity index (χ0) is 10.4. The van der Waals surface area contributed by atoms with Gasteiger partial charge in [-0.2, -0.15) is 8.78 Å². The molecule has 0 amide bonds. The second-order valence-electron chi connectivity index (χ2n) is 2.92. The Morgan fingerprint density at radius 3 is 2.79 bits per heavy atom. The molecule has 0 unspecified atom stereocenters. The number of hydrogen-bond acceptors (Lipinski definition) is 2. The Bertz CT molecular complexity index is 279. The predicted molar refractivity (Wildman–Crippen MR) is 50.4 cm³/mol. The minimum Gasteiger partial charge on any atom is -0.435 e. The van der Waals surface area contributed by atoms with Crippen LogP contribution in [-0.2, 0) is 6.42 Å². The summed E-state index contributed by atoms with van der Waals surface area (Å²) in [7, 11) is 0. The molecule has 0 aliphatic rings. The molecule has 2 nitrogen and oxygen atoms in total. The lowest BCUT2D eigenvalue weighted by atomic mass is 10.1. The summed E-state index contributed by atoms with van der Waals surface area (Å²) < 4.78 is 28.0. The molecular formula is C10H13F2NO. The van der Waals surface area contributed by atoms with Crippen molar-refractivity contribution in [3.8, 4) is 5.75 Å². The molecule has 0 aromatic heterocycles. The van der Waals surface area contributed by atoms with Crippen LogP contribution >= 0.6 is 0 Å². The number of alkyl halides is 2. The minimum atomic E-state index is -2.76. The standard InChI is InChI=1S/C10H13F2NO/c11-10(12)14-9-5-1-3-8(7-9)4-2-6-13/h1,3,5,7,10H,2,4,6,13H2. The van der Waals surface area contributed by atoms with Gasteiger partial charge in [-0.3, -0.25) is 0 Å². The first-order valence-electron chi connectivity index (χ1n) is 4.46. The van der Waals surface area contributed by atoms with Crippen LogP contribution in [0.25, 0.3) is 0 Å². The number of hydrogen-bond donors (Lipinski definition) is 1. The molecule has 0 aliphatic carbocycles. The summed E-state index contributed by atoms with van der Waals surface area (Å²) in [6, 6.07) is 6.69. The van der Waals surface area contributed by atoms with Crippen molar-refractivity contribution in [1.82, 2.24) is 0 Å². The van der Waals surface area contributed by atoms with Gasteiger partial charge in [0.05, 0.1) is 0 Å². The van der Waals surface area contributed by atoms with Crippen LogP contribution in [0.5, 0.6) is 5.75 Å². The van der Waals surface area contributed by atoms with Gasteiger partial charge in [-0.25, -0.2) is 0 Å². The number of halogens is 2. The lowest BCUT2D eigenvalue weighted by Gasteiger charge is -2.06. The Hall–Kier alpha value is -1.16. The van der Waals surface area contributed by atoms with E-state index < -0.39 is 6.61 Å². The summed E-state index contributed by atoms with van der Waals surface area (Å²) in [6.45, 7) is -2.17. The van der Waals surface area contributed by atoms with E-state index in [2.05, 4.69) is 4.74 Å². The highest BCUT2D eigenvalue weighted by atomic mass is 19.3. The fourth-order valence-corrected chi connectivity index (χ4v) is 1.18. The van der Waals surface area contributed by atoms with Gasteiger partial charge in [-0.05, 0) is 37.1 Å². The van der Waals surface area contributed by atoms with Crippen LogP contribution in [0.2, 0.25) is 0 Å². The van der Waals surface area contributed by atoms with Gasteiger partial charge in [0.1, 0.15) is 5.75 Å². The van der Waals surface area contributed by atoms with E-state index in [1.807, 2.05) is 6.07 Å². The fraction of sp³-hybridized carbons (Fsp3) is 0.400. The maximum Gasteiger partial charge on any atom is 0.387 e. The van der Waals surface area contributed by atoms with E-state index in [-0.39, 0.29) is 5.75 Å². The van der Waals surface area contributed by atoms with E-state index in [1.54, 1.807) is 12.1 Å². The lowest BCUT2D eigenvalue weighted by Crippen LogP contribution is -2.03. The maximum absolute atomic E-state index is 11.9. The van der Waals surface area contributed by atoms with E-state index in [0.29, 0.717) is 6.54 Å². The molecule has 0 saturated heterocycles. The Labute approximate surface area is 81.7 Å². The monoisotopic (exact) mass is 201 g/mol. The van der Waals surface area contributed by atoms with Gasteiger partial charge in [0.25, 0.3) is 0 Å². The van der Waals surface area contributed by atoms with E-state index >= 15 is 0 Å². The second-order valence-corrected chi connectivity index (χ2v) is 2.92. The van der Waals surface area contributed by atoms with E-state index in [4.69, 9.17) is 5.73 Å². The molecule has 0 aliphatic heterocycles. The van der Waals surface area contributed by atoms with Crippen LogP contribution in [0.4, 0.5) is 8.78 Å². The highest BCUT2D eigenvalue weighted by Gasteiger charge is 2.03. The zero-order valence-electron chi connectivity index (χ0n) is 7.75. The fourth-order valence-electron chi connectivity index (χ4n) is 1.18. The van der Waals surface area contributed by atoms with Gasteiger partial charge >= 0.3 is 6.61 Å². The van der Waals surface area contributed by atoms with Crippen LogP contribution in [0.1, 0.15) is 12.0 Å². The van der Waals surface area contributed by atoms with E-state index in [9.17, 15) is 8.78 Å². The number of nitrogens with two attached hydrogens (primary N) is 1. The molecule has 2 N–H and O–H groups in total. The third kappa shape index (κ3) is 3.70. The van der Waals surface area contributed by atoms with Crippen LogP contribution in [0.15, 0.2) is 24.3 Å². The molecule has 0 atom stereocenters. The van der Waals surface area contributed by atoms with Gasteiger partial charge < -0.3 is 10.5 Å². The lowest BCUT2D eigenvalue weighted by molar-refractivity contribution is -0.0498. The van der Waals surface area contributed by atoms with Crippen molar-refractivity contribution in [2.24, 2.45) is 5.73 Å². The summed E-state index contributed by atoms with van der Waals surface area (Å²) in [5.74, 6) is 0.203. The third-order valence-electron chi connectivity index (χ3n) is 1.79. The Balaban J connectivity index is 2.59.